The average molecular weight is 421 g/mol. The number of fused-ring (bicyclic) bond motifs is 1. The number of ketones is 1. The fourth-order valence-corrected chi connectivity index (χ4v) is 4.32. The van der Waals surface area contributed by atoms with Gasteiger partial charge in [0, 0.05) is 37.4 Å². The van der Waals surface area contributed by atoms with Gasteiger partial charge >= 0.3 is 0 Å². The van der Waals surface area contributed by atoms with Crippen LogP contribution in [-0.2, 0) is 11.8 Å². The van der Waals surface area contributed by atoms with E-state index in [-0.39, 0.29) is 24.2 Å². The number of anilines is 1. The number of nitrogens with zero attached hydrogens (tertiary/aromatic N) is 4. The van der Waals surface area contributed by atoms with E-state index < -0.39 is 0 Å². The predicted molar refractivity (Wildman–Crippen MR) is 123 cm³/mol. The largest absolute Gasteiger partial charge is 0.396 e. The molecule has 6 nitrogen and oxygen atoms in total. The van der Waals surface area contributed by atoms with Gasteiger partial charge in [-0.2, -0.15) is 9.61 Å². The lowest BCUT2D eigenvalue weighted by molar-refractivity contribution is 0.0992. The maximum atomic E-state index is 13.0. The molecule has 0 unspecified atom stereocenters. The number of Topliss-reactive ketones (excluding diaryl/α,β-unsaturated/α-hetero) is 1. The van der Waals surface area contributed by atoms with Crippen LogP contribution in [0.5, 0.6) is 0 Å². The minimum absolute atomic E-state index is 0.0652. The van der Waals surface area contributed by atoms with Gasteiger partial charge in [-0.25, -0.2) is 4.98 Å². The SMILES string of the molecule is CC(C)(C)c1ccc(C(=O)Cc2cc(N3CCC(CCO)CC3)n3nccc3n2)cc1. The Morgan fingerprint density at radius 1 is 1.13 bits per heavy atom. The highest BCUT2D eigenvalue weighted by molar-refractivity contribution is 5.97. The lowest BCUT2D eigenvalue weighted by atomic mass is 9.86. The number of carbonyl (C=O) groups excluding carboxylic acids is 1. The van der Waals surface area contributed by atoms with Crippen molar-refractivity contribution in [3.8, 4) is 0 Å². The van der Waals surface area contributed by atoms with Gasteiger partial charge in [-0.05, 0) is 36.2 Å². The van der Waals surface area contributed by atoms with E-state index in [1.54, 1.807) is 6.20 Å². The fourth-order valence-electron chi connectivity index (χ4n) is 4.32. The molecule has 1 aliphatic rings. The number of rotatable bonds is 6. The zero-order valence-electron chi connectivity index (χ0n) is 18.7. The first kappa shape index (κ1) is 21.5. The van der Waals surface area contributed by atoms with Crippen LogP contribution in [0, 0.1) is 5.92 Å². The van der Waals surface area contributed by atoms with Crippen LogP contribution < -0.4 is 4.90 Å². The van der Waals surface area contributed by atoms with Crippen LogP contribution in [0.1, 0.15) is 61.6 Å². The van der Waals surface area contributed by atoms with Crippen LogP contribution in [0.2, 0.25) is 0 Å². The van der Waals surface area contributed by atoms with Gasteiger partial charge in [0.25, 0.3) is 0 Å². The summed E-state index contributed by atoms with van der Waals surface area (Å²) in [5, 5.41) is 13.7. The second kappa shape index (κ2) is 8.79. The molecule has 0 radical (unpaired) electrons. The van der Waals surface area contributed by atoms with Crippen molar-refractivity contribution in [2.75, 3.05) is 24.6 Å². The Hall–Kier alpha value is -2.73. The van der Waals surface area contributed by atoms with Crippen molar-refractivity contribution >= 4 is 17.2 Å². The van der Waals surface area contributed by atoms with E-state index >= 15 is 0 Å². The third-order valence-corrected chi connectivity index (χ3v) is 6.28. The monoisotopic (exact) mass is 420 g/mol. The number of hydrogen-bond acceptors (Lipinski definition) is 5. The number of hydrogen-bond donors (Lipinski definition) is 1. The van der Waals surface area contributed by atoms with Gasteiger partial charge in [-0.3, -0.25) is 4.79 Å². The summed E-state index contributed by atoms with van der Waals surface area (Å²) in [6, 6.07) is 11.8. The molecular weight excluding hydrogens is 388 g/mol. The summed E-state index contributed by atoms with van der Waals surface area (Å²) in [5.41, 5.74) is 3.53. The minimum Gasteiger partial charge on any atom is -0.396 e. The lowest BCUT2D eigenvalue weighted by Gasteiger charge is -2.33. The Balaban J connectivity index is 1.54. The van der Waals surface area contributed by atoms with Gasteiger partial charge in [0.15, 0.2) is 11.4 Å². The number of aliphatic hydroxyl groups excluding tert-OH is 1. The van der Waals surface area contributed by atoms with Gasteiger partial charge in [-0.1, -0.05) is 45.0 Å². The first-order chi connectivity index (χ1) is 14.8. The molecule has 0 aliphatic carbocycles. The smallest absolute Gasteiger partial charge is 0.168 e. The Morgan fingerprint density at radius 2 is 1.84 bits per heavy atom. The maximum Gasteiger partial charge on any atom is 0.168 e. The first-order valence-electron chi connectivity index (χ1n) is 11.2. The number of piperidine rings is 1. The van der Waals surface area contributed by atoms with Gasteiger partial charge in [-0.15, -0.1) is 0 Å². The molecular formula is C25H32N4O2. The van der Waals surface area contributed by atoms with Gasteiger partial charge in [0.05, 0.1) is 18.3 Å². The Morgan fingerprint density at radius 3 is 2.48 bits per heavy atom. The molecule has 1 N–H and O–H groups in total. The minimum atomic E-state index is 0.0652. The highest BCUT2D eigenvalue weighted by Crippen LogP contribution is 2.27. The van der Waals surface area contributed by atoms with E-state index in [2.05, 4.69) is 35.8 Å². The summed E-state index contributed by atoms with van der Waals surface area (Å²) in [7, 11) is 0. The highest BCUT2D eigenvalue weighted by atomic mass is 16.3. The van der Waals surface area contributed by atoms with E-state index in [0.29, 0.717) is 5.92 Å². The molecule has 0 bridgehead atoms. The van der Waals surface area contributed by atoms with Crippen LogP contribution in [0.4, 0.5) is 5.82 Å². The quantitative estimate of drug-likeness (QED) is 0.609. The molecule has 1 saturated heterocycles. The summed E-state index contributed by atoms with van der Waals surface area (Å²) in [4.78, 5) is 20.0. The van der Waals surface area contributed by atoms with Gasteiger partial charge in [0.2, 0.25) is 0 Å². The van der Waals surface area contributed by atoms with E-state index in [0.717, 1.165) is 55.1 Å². The van der Waals surface area contributed by atoms with E-state index in [1.807, 2.05) is 40.9 Å². The Bertz CT molecular complexity index is 1040. The maximum absolute atomic E-state index is 13.0. The third-order valence-electron chi connectivity index (χ3n) is 6.28. The van der Waals surface area contributed by atoms with E-state index in [1.165, 1.54) is 5.56 Å². The van der Waals surface area contributed by atoms with Crippen molar-refractivity contribution in [2.45, 2.75) is 51.9 Å². The summed E-state index contributed by atoms with van der Waals surface area (Å²) in [6.45, 7) is 8.61. The normalized spacial score (nSPS) is 15.5. The Labute approximate surface area is 183 Å². The Kier molecular flexibility index (Phi) is 6.10. The van der Waals surface area contributed by atoms with Crippen molar-refractivity contribution in [2.24, 2.45) is 5.92 Å². The first-order valence-corrected chi connectivity index (χ1v) is 11.2. The highest BCUT2D eigenvalue weighted by Gasteiger charge is 2.22. The zero-order valence-corrected chi connectivity index (χ0v) is 18.7. The molecule has 1 aliphatic heterocycles. The number of aliphatic hydroxyl groups is 1. The van der Waals surface area contributed by atoms with Crippen molar-refractivity contribution in [3.05, 3.63) is 59.4 Å². The molecule has 0 saturated carbocycles. The molecule has 3 heterocycles. The third kappa shape index (κ3) is 4.79. The number of carbonyl (C=O) groups is 1. The summed E-state index contributed by atoms with van der Waals surface area (Å²) < 4.78 is 1.86. The second-order valence-electron chi connectivity index (χ2n) is 9.58. The molecule has 164 valence electrons. The van der Waals surface area contributed by atoms with Crippen LogP contribution in [0.3, 0.4) is 0 Å². The summed E-state index contributed by atoms with van der Waals surface area (Å²) >= 11 is 0. The molecule has 1 fully saturated rings. The van der Waals surface area contributed by atoms with Crippen molar-refractivity contribution in [3.63, 3.8) is 0 Å². The van der Waals surface area contributed by atoms with Crippen molar-refractivity contribution < 1.29 is 9.90 Å². The summed E-state index contributed by atoms with van der Waals surface area (Å²) in [5.74, 6) is 1.64. The van der Waals surface area contributed by atoms with Crippen LogP contribution >= 0.6 is 0 Å². The van der Waals surface area contributed by atoms with Crippen molar-refractivity contribution in [1.82, 2.24) is 14.6 Å². The fraction of sp³-hybridized carbons (Fsp3) is 0.480. The van der Waals surface area contributed by atoms with Crippen molar-refractivity contribution in [1.29, 1.82) is 0 Å². The number of benzene rings is 1. The predicted octanol–water partition coefficient (Wildman–Crippen LogP) is 4.05. The molecule has 0 amide bonds. The van der Waals surface area contributed by atoms with Gasteiger partial charge in [0.1, 0.15) is 5.82 Å². The molecule has 3 aromatic rings. The molecule has 0 spiro atoms. The molecule has 1 aromatic carbocycles. The lowest BCUT2D eigenvalue weighted by Crippen LogP contribution is -2.35. The topological polar surface area (TPSA) is 70.7 Å². The zero-order chi connectivity index (χ0) is 22.0. The molecule has 6 heteroatoms. The van der Waals surface area contributed by atoms with Crippen LogP contribution in [-0.4, -0.2) is 45.2 Å². The molecule has 0 atom stereocenters. The summed E-state index contributed by atoms with van der Waals surface area (Å²) in [6.07, 6.45) is 5.00. The average Bonchev–Trinajstić information content (AvgIpc) is 3.22. The second-order valence-corrected chi connectivity index (χ2v) is 9.58. The van der Waals surface area contributed by atoms with Gasteiger partial charge < -0.3 is 10.0 Å². The molecule has 4 rings (SSSR count). The molecule has 31 heavy (non-hydrogen) atoms. The number of aromatic nitrogens is 3. The standard InChI is InChI=1S/C25H32N4O2/c1-25(2,3)20-6-4-19(5-7-20)22(31)16-21-17-24(29-23(27-21)8-12-26-29)28-13-9-18(10-14-28)11-15-30/h4-8,12,17-18,30H,9-11,13-16H2,1-3H3. The van der Waals surface area contributed by atoms with E-state index in [4.69, 9.17) is 0 Å². The molecule has 2 aromatic heterocycles. The van der Waals surface area contributed by atoms with E-state index in [9.17, 15) is 9.90 Å². The van der Waals surface area contributed by atoms with Crippen LogP contribution in [0.15, 0.2) is 42.6 Å². The van der Waals surface area contributed by atoms with Crippen LogP contribution in [0.25, 0.3) is 5.65 Å².